The fourth-order valence-corrected chi connectivity index (χ4v) is 6.02. The van der Waals surface area contributed by atoms with Crippen LogP contribution in [0.15, 0.2) is 54.9 Å². The van der Waals surface area contributed by atoms with Gasteiger partial charge in [-0.1, -0.05) is 30.6 Å². The molecule has 182 valence electrons. The molecule has 2 aliphatic rings. The van der Waals surface area contributed by atoms with Crippen molar-refractivity contribution in [2.45, 2.75) is 44.6 Å². The van der Waals surface area contributed by atoms with Gasteiger partial charge in [0.2, 0.25) is 0 Å². The standard InChI is InChI=1S/C29H29N5OS/c1-2-20-13-15-34(19-20)28-11-8-21(18-31-28)26-16-24(12-14-30-26)35-23-9-10-25-27(17-23)36-29(33-25)32-22-6-4-3-5-7-22/h1,8-12,14,16-18,20,22H,3-7,13,15,19H2,(H,32,33)/t20-/m1/s1. The fraction of sp³-hybridized carbons (Fsp3) is 0.345. The molecule has 1 atom stereocenters. The van der Waals surface area contributed by atoms with Crippen molar-refractivity contribution < 1.29 is 4.74 Å². The van der Waals surface area contributed by atoms with Crippen molar-refractivity contribution in [2.75, 3.05) is 23.3 Å². The zero-order chi connectivity index (χ0) is 24.3. The first-order valence-electron chi connectivity index (χ1n) is 12.7. The Kier molecular flexibility index (Phi) is 6.44. The maximum Gasteiger partial charge on any atom is 0.184 e. The molecule has 6 rings (SSSR count). The smallest absolute Gasteiger partial charge is 0.184 e. The maximum absolute atomic E-state index is 6.21. The lowest BCUT2D eigenvalue weighted by atomic mass is 9.96. The number of hydrogen-bond acceptors (Lipinski definition) is 7. The van der Waals surface area contributed by atoms with Crippen LogP contribution in [0.25, 0.3) is 21.5 Å². The molecule has 3 aromatic heterocycles. The topological polar surface area (TPSA) is 63.2 Å². The third kappa shape index (κ3) is 5.00. The monoisotopic (exact) mass is 495 g/mol. The van der Waals surface area contributed by atoms with Gasteiger partial charge in [-0.05, 0) is 49.6 Å². The summed E-state index contributed by atoms with van der Waals surface area (Å²) in [4.78, 5) is 16.2. The molecule has 4 aromatic rings. The Labute approximate surface area is 215 Å². The highest BCUT2D eigenvalue weighted by Crippen LogP contribution is 2.33. The lowest BCUT2D eigenvalue weighted by molar-refractivity contribution is 0.462. The Morgan fingerprint density at radius 2 is 1.89 bits per heavy atom. The van der Waals surface area contributed by atoms with Gasteiger partial charge < -0.3 is 15.0 Å². The minimum absolute atomic E-state index is 0.311. The quantitative estimate of drug-likeness (QED) is 0.299. The molecule has 7 heteroatoms. The van der Waals surface area contributed by atoms with Crippen molar-refractivity contribution in [3.63, 3.8) is 0 Å². The summed E-state index contributed by atoms with van der Waals surface area (Å²) in [6.45, 7) is 1.82. The van der Waals surface area contributed by atoms with Crippen LogP contribution < -0.4 is 15.0 Å². The van der Waals surface area contributed by atoms with Crippen molar-refractivity contribution in [3.05, 3.63) is 54.9 Å². The predicted molar refractivity (Wildman–Crippen MR) is 147 cm³/mol. The second kappa shape index (κ2) is 10.2. The van der Waals surface area contributed by atoms with Crippen LogP contribution in [0.1, 0.15) is 38.5 Å². The summed E-state index contributed by atoms with van der Waals surface area (Å²) in [6, 6.07) is 14.5. The number of nitrogens with one attached hydrogen (secondary N) is 1. The number of ether oxygens (including phenoxy) is 1. The SMILES string of the molecule is C#C[C@@H]1CCN(c2ccc(-c3cc(Oc4ccc5nc(NC6CCCCC6)sc5c4)ccn3)cn2)C1. The summed E-state index contributed by atoms with van der Waals surface area (Å²) >= 11 is 1.69. The largest absolute Gasteiger partial charge is 0.457 e. The highest BCUT2D eigenvalue weighted by Gasteiger charge is 2.21. The molecule has 1 N–H and O–H groups in total. The van der Waals surface area contributed by atoms with E-state index in [0.717, 1.165) is 63.4 Å². The predicted octanol–water partition coefficient (Wildman–Crippen LogP) is 6.75. The van der Waals surface area contributed by atoms with Crippen molar-refractivity contribution in [1.82, 2.24) is 15.0 Å². The maximum atomic E-state index is 6.21. The van der Waals surface area contributed by atoms with Crippen molar-refractivity contribution in [2.24, 2.45) is 5.92 Å². The van der Waals surface area contributed by atoms with Crippen LogP contribution in [0.5, 0.6) is 11.5 Å². The summed E-state index contributed by atoms with van der Waals surface area (Å²) in [5.41, 5.74) is 2.78. The summed E-state index contributed by atoms with van der Waals surface area (Å²) in [6.07, 6.45) is 16.7. The van der Waals surface area contributed by atoms with Crippen LogP contribution in [0.3, 0.4) is 0 Å². The number of terminal acetylenes is 1. The fourth-order valence-electron chi connectivity index (χ4n) is 5.05. The van der Waals surface area contributed by atoms with Gasteiger partial charge in [-0.2, -0.15) is 0 Å². The van der Waals surface area contributed by atoms with E-state index >= 15 is 0 Å². The molecule has 4 heterocycles. The molecular weight excluding hydrogens is 466 g/mol. The van der Waals surface area contributed by atoms with Gasteiger partial charge in [0.05, 0.1) is 15.9 Å². The second-order valence-corrected chi connectivity index (χ2v) is 10.6. The Bertz CT molecular complexity index is 1390. The molecule has 0 unspecified atom stereocenters. The van der Waals surface area contributed by atoms with E-state index in [2.05, 4.69) is 38.2 Å². The first kappa shape index (κ1) is 22.8. The summed E-state index contributed by atoms with van der Waals surface area (Å²) in [7, 11) is 0. The van der Waals surface area contributed by atoms with E-state index < -0.39 is 0 Å². The van der Waals surface area contributed by atoms with Gasteiger partial charge in [-0.25, -0.2) is 9.97 Å². The van der Waals surface area contributed by atoms with Gasteiger partial charge in [0.25, 0.3) is 0 Å². The van der Waals surface area contributed by atoms with Crippen LogP contribution in [0, 0.1) is 18.3 Å². The number of nitrogens with zero attached hydrogens (tertiary/aromatic N) is 4. The second-order valence-electron chi connectivity index (χ2n) is 9.61. The van der Waals surface area contributed by atoms with Crippen molar-refractivity contribution in [3.8, 4) is 35.1 Å². The Balaban J connectivity index is 1.15. The van der Waals surface area contributed by atoms with E-state index in [-0.39, 0.29) is 0 Å². The number of rotatable bonds is 6. The zero-order valence-corrected chi connectivity index (χ0v) is 21.0. The van der Waals surface area contributed by atoms with Crippen molar-refractivity contribution in [1.29, 1.82) is 0 Å². The average molecular weight is 496 g/mol. The number of anilines is 2. The van der Waals surface area contributed by atoms with Gasteiger partial charge in [-0.15, -0.1) is 12.3 Å². The Morgan fingerprint density at radius 1 is 1.00 bits per heavy atom. The van der Waals surface area contributed by atoms with Crippen LogP contribution in [0.4, 0.5) is 10.9 Å². The molecule has 1 aromatic carbocycles. The Hall–Kier alpha value is -3.63. The number of benzene rings is 1. The summed E-state index contributed by atoms with van der Waals surface area (Å²) in [5, 5.41) is 4.63. The molecule has 0 amide bonds. The molecule has 0 bridgehead atoms. The molecule has 1 aliphatic carbocycles. The van der Waals surface area contributed by atoms with Gasteiger partial charge in [0.15, 0.2) is 5.13 Å². The third-order valence-electron chi connectivity index (χ3n) is 7.05. The normalized spacial score (nSPS) is 18.3. The minimum Gasteiger partial charge on any atom is -0.457 e. The number of thiazole rings is 1. The lowest BCUT2D eigenvalue weighted by Crippen LogP contribution is -2.21. The zero-order valence-electron chi connectivity index (χ0n) is 20.2. The molecule has 1 saturated carbocycles. The number of aromatic nitrogens is 3. The first-order valence-corrected chi connectivity index (χ1v) is 13.5. The molecule has 2 fully saturated rings. The molecule has 0 spiro atoms. The van der Waals surface area contributed by atoms with Gasteiger partial charge >= 0.3 is 0 Å². The summed E-state index contributed by atoms with van der Waals surface area (Å²) < 4.78 is 7.33. The van der Waals surface area contributed by atoms with E-state index in [4.69, 9.17) is 16.1 Å². The molecular formula is C29H29N5OS. The molecule has 36 heavy (non-hydrogen) atoms. The van der Waals surface area contributed by atoms with Crippen LogP contribution in [-0.2, 0) is 0 Å². The van der Waals surface area contributed by atoms with Crippen LogP contribution in [-0.4, -0.2) is 34.1 Å². The van der Waals surface area contributed by atoms with E-state index in [1.165, 1.54) is 32.1 Å². The van der Waals surface area contributed by atoms with E-state index in [0.29, 0.717) is 12.0 Å². The molecule has 6 nitrogen and oxygen atoms in total. The number of pyridine rings is 2. The lowest BCUT2D eigenvalue weighted by Gasteiger charge is -2.22. The average Bonchev–Trinajstić information content (AvgIpc) is 3.56. The van der Waals surface area contributed by atoms with Gasteiger partial charge in [0.1, 0.15) is 17.3 Å². The van der Waals surface area contributed by atoms with E-state index in [9.17, 15) is 0 Å². The van der Waals surface area contributed by atoms with Crippen molar-refractivity contribution >= 4 is 32.5 Å². The highest BCUT2D eigenvalue weighted by molar-refractivity contribution is 7.22. The highest BCUT2D eigenvalue weighted by atomic mass is 32.1. The number of fused-ring (bicyclic) bond motifs is 1. The number of hydrogen-bond donors (Lipinski definition) is 1. The minimum atomic E-state index is 0.311. The van der Waals surface area contributed by atoms with E-state index in [1.807, 2.05) is 36.5 Å². The van der Waals surface area contributed by atoms with E-state index in [1.54, 1.807) is 17.5 Å². The third-order valence-corrected chi connectivity index (χ3v) is 8.00. The molecule has 0 radical (unpaired) electrons. The molecule has 1 saturated heterocycles. The Morgan fingerprint density at radius 3 is 2.69 bits per heavy atom. The van der Waals surface area contributed by atoms with Gasteiger partial charge in [-0.3, -0.25) is 4.98 Å². The van der Waals surface area contributed by atoms with Gasteiger partial charge in [0, 0.05) is 55.1 Å². The summed E-state index contributed by atoms with van der Waals surface area (Å²) in [5.74, 6) is 5.65. The first-order chi connectivity index (χ1) is 17.7. The molecule has 1 aliphatic heterocycles. The van der Waals surface area contributed by atoms with Crippen LogP contribution in [0.2, 0.25) is 0 Å². The van der Waals surface area contributed by atoms with Crippen LogP contribution >= 0.6 is 11.3 Å².